The zero-order chi connectivity index (χ0) is 30.2. The number of hydrogen-bond donors (Lipinski definition) is 0. The number of nitro groups is 1. The monoisotopic (exact) mass is 600 g/mol. The fraction of sp³-hybridized carbons (Fsp3) is 0.0294. The predicted octanol–water partition coefficient (Wildman–Crippen LogP) is 7.99. The van der Waals surface area contributed by atoms with Crippen molar-refractivity contribution < 1.29 is 14.1 Å². The molecule has 0 amide bonds. The first-order valence-electron chi connectivity index (χ1n) is 13.6. The average Bonchev–Trinajstić information content (AvgIpc) is 3.48. The van der Waals surface area contributed by atoms with Crippen LogP contribution < -0.4 is 10.3 Å². The summed E-state index contributed by atoms with van der Waals surface area (Å²) in [4.78, 5) is 29.8. The second-order valence-electron chi connectivity index (χ2n) is 10.00. The van der Waals surface area contributed by atoms with E-state index < -0.39 is 10.5 Å². The van der Waals surface area contributed by atoms with E-state index >= 15 is 0 Å². The number of furan rings is 1. The van der Waals surface area contributed by atoms with E-state index in [9.17, 15) is 14.9 Å². The summed E-state index contributed by atoms with van der Waals surface area (Å²) in [5.41, 5.74) is 1.49. The molecule has 9 nitrogen and oxygen atoms in total. The van der Waals surface area contributed by atoms with E-state index in [1.54, 1.807) is 30.3 Å². The molecule has 0 aliphatic carbocycles. The van der Waals surface area contributed by atoms with Crippen LogP contribution in [0.1, 0.15) is 11.1 Å². The van der Waals surface area contributed by atoms with Crippen molar-refractivity contribution in [2.75, 3.05) is 0 Å². The van der Waals surface area contributed by atoms with Gasteiger partial charge in [-0.25, -0.2) is 4.98 Å². The minimum Gasteiger partial charge on any atom is -0.481 e. The smallest absolute Gasteiger partial charge is 0.313 e. The third kappa shape index (κ3) is 4.95. The molecule has 0 bridgehead atoms. The van der Waals surface area contributed by atoms with Gasteiger partial charge in [0, 0.05) is 17.0 Å². The number of fused-ring (bicyclic) bond motifs is 3. The molecule has 214 valence electrons. The van der Waals surface area contributed by atoms with Crippen molar-refractivity contribution in [2.24, 2.45) is 5.10 Å². The van der Waals surface area contributed by atoms with Crippen molar-refractivity contribution in [2.45, 2.75) is 6.61 Å². The van der Waals surface area contributed by atoms with E-state index in [1.165, 1.54) is 18.3 Å². The lowest BCUT2D eigenvalue weighted by molar-refractivity contribution is -0.385. The number of hydrogen-bond acceptors (Lipinski definition) is 7. The summed E-state index contributed by atoms with van der Waals surface area (Å²) in [6.45, 7) is 0.0777. The first-order chi connectivity index (χ1) is 21.5. The standard InChI is InChI=1S/C34H21ClN4O5/c35-27-16-21(17-29(39(41)42)32(27)43-20-24-11-7-10-22-8-1-3-12-25(22)24)19-36-38-33(31-18-23-9-2-6-15-30(23)44-31)37-28-14-5-4-13-26(28)34(38)40/h1-19H,20H2. The molecular formula is C34H21ClN4O5. The van der Waals surface area contributed by atoms with Crippen LogP contribution >= 0.6 is 11.6 Å². The van der Waals surface area contributed by atoms with Crippen LogP contribution in [-0.2, 0) is 6.61 Å². The minimum atomic E-state index is -0.564. The highest BCUT2D eigenvalue weighted by Crippen LogP contribution is 2.37. The van der Waals surface area contributed by atoms with Crippen LogP contribution in [0.4, 0.5) is 5.69 Å². The summed E-state index contributed by atoms with van der Waals surface area (Å²) >= 11 is 6.54. The molecule has 0 saturated carbocycles. The van der Waals surface area contributed by atoms with Crippen molar-refractivity contribution in [3.63, 3.8) is 0 Å². The Labute approximate surface area is 254 Å². The summed E-state index contributed by atoms with van der Waals surface area (Å²) < 4.78 is 13.0. The number of benzene rings is 5. The summed E-state index contributed by atoms with van der Waals surface area (Å²) in [7, 11) is 0. The van der Waals surface area contributed by atoms with Gasteiger partial charge >= 0.3 is 5.69 Å². The normalized spacial score (nSPS) is 11.6. The van der Waals surface area contributed by atoms with Crippen molar-refractivity contribution >= 4 is 56.1 Å². The Kier molecular flexibility index (Phi) is 6.84. The van der Waals surface area contributed by atoms with Crippen LogP contribution in [0.15, 0.2) is 124 Å². The van der Waals surface area contributed by atoms with Crippen molar-refractivity contribution in [1.29, 1.82) is 0 Å². The first-order valence-corrected chi connectivity index (χ1v) is 14.0. The topological polar surface area (TPSA) is 113 Å². The minimum absolute atomic E-state index is 0.0300. The molecule has 0 aliphatic heterocycles. The summed E-state index contributed by atoms with van der Waals surface area (Å²) in [6, 6.07) is 32.5. The van der Waals surface area contributed by atoms with Gasteiger partial charge in [0.1, 0.15) is 12.2 Å². The van der Waals surface area contributed by atoms with Crippen LogP contribution in [0.5, 0.6) is 5.75 Å². The van der Waals surface area contributed by atoms with E-state index in [4.69, 9.17) is 20.8 Å². The molecule has 0 radical (unpaired) electrons. The van der Waals surface area contributed by atoms with E-state index in [1.807, 2.05) is 66.7 Å². The molecule has 44 heavy (non-hydrogen) atoms. The molecule has 7 aromatic rings. The Morgan fingerprint density at radius 3 is 2.45 bits per heavy atom. The highest BCUT2D eigenvalue weighted by molar-refractivity contribution is 6.32. The number of nitro benzene ring substituents is 1. The molecule has 0 fully saturated rings. The van der Waals surface area contributed by atoms with Crippen LogP contribution in [-0.4, -0.2) is 20.8 Å². The molecule has 5 aromatic carbocycles. The van der Waals surface area contributed by atoms with E-state index in [-0.39, 0.29) is 34.5 Å². The third-order valence-corrected chi connectivity index (χ3v) is 7.50. The second-order valence-corrected chi connectivity index (χ2v) is 10.4. The Hall–Kier alpha value is -5.80. The number of para-hydroxylation sites is 2. The van der Waals surface area contributed by atoms with Gasteiger partial charge in [-0.1, -0.05) is 84.4 Å². The maximum atomic E-state index is 13.6. The number of nitrogens with zero attached hydrogens (tertiary/aromatic N) is 4. The molecule has 0 unspecified atom stereocenters. The van der Waals surface area contributed by atoms with Gasteiger partial charge in [0.15, 0.2) is 5.76 Å². The Bertz CT molecular complexity index is 2290. The SMILES string of the molecule is O=c1c2ccccc2nc(-c2cc3ccccc3o2)n1N=Cc1cc(Cl)c(OCc2cccc3ccccc23)c([N+](=O)[O-])c1. The van der Waals surface area contributed by atoms with E-state index in [0.29, 0.717) is 22.2 Å². The second kappa shape index (κ2) is 11.1. The molecule has 0 atom stereocenters. The van der Waals surface area contributed by atoms with Gasteiger partial charge in [-0.2, -0.15) is 9.78 Å². The van der Waals surface area contributed by atoms with E-state index in [0.717, 1.165) is 26.4 Å². The van der Waals surface area contributed by atoms with Gasteiger partial charge in [-0.3, -0.25) is 14.9 Å². The van der Waals surface area contributed by atoms with Crippen molar-refractivity contribution in [3.05, 3.63) is 146 Å². The molecule has 0 aliphatic rings. The molecule has 0 saturated heterocycles. The van der Waals surface area contributed by atoms with Gasteiger partial charge in [0.2, 0.25) is 11.6 Å². The molecule has 2 aromatic heterocycles. The molecular weight excluding hydrogens is 580 g/mol. The number of rotatable bonds is 7. The van der Waals surface area contributed by atoms with Gasteiger partial charge in [-0.15, -0.1) is 0 Å². The fourth-order valence-corrected chi connectivity index (χ4v) is 5.40. The average molecular weight is 601 g/mol. The zero-order valence-corrected chi connectivity index (χ0v) is 23.6. The van der Waals surface area contributed by atoms with E-state index in [2.05, 4.69) is 10.1 Å². The van der Waals surface area contributed by atoms with Gasteiger partial charge in [0.25, 0.3) is 5.56 Å². The molecule has 10 heteroatoms. The third-order valence-electron chi connectivity index (χ3n) is 7.22. The molecule has 0 spiro atoms. The maximum Gasteiger partial charge on any atom is 0.313 e. The Morgan fingerprint density at radius 2 is 1.64 bits per heavy atom. The lowest BCUT2D eigenvalue weighted by Gasteiger charge is -2.11. The van der Waals surface area contributed by atoms with Crippen molar-refractivity contribution in [1.82, 2.24) is 9.66 Å². The predicted molar refractivity (Wildman–Crippen MR) is 171 cm³/mol. The van der Waals surface area contributed by atoms with Crippen LogP contribution in [0, 0.1) is 10.1 Å². The lowest BCUT2D eigenvalue weighted by Crippen LogP contribution is -2.20. The summed E-state index contributed by atoms with van der Waals surface area (Å²) in [5, 5.41) is 19.7. The van der Waals surface area contributed by atoms with Gasteiger partial charge in [-0.05, 0) is 46.7 Å². The molecule has 2 heterocycles. The zero-order valence-electron chi connectivity index (χ0n) is 22.9. The van der Waals surface area contributed by atoms with Crippen molar-refractivity contribution in [3.8, 4) is 17.3 Å². The molecule has 7 rings (SSSR count). The largest absolute Gasteiger partial charge is 0.481 e. The van der Waals surface area contributed by atoms with Crippen LogP contribution in [0.25, 0.3) is 44.2 Å². The quantitative estimate of drug-likeness (QED) is 0.104. The van der Waals surface area contributed by atoms with Gasteiger partial charge < -0.3 is 9.15 Å². The number of ether oxygens (including phenoxy) is 1. The lowest BCUT2D eigenvalue weighted by atomic mass is 10.1. The van der Waals surface area contributed by atoms with Gasteiger partial charge in [0.05, 0.1) is 27.1 Å². The summed E-state index contributed by atoms with van der Waals surface area (Å²) in [6.07, 6.45) is 1.32. The highest BCUT2D eigenvalue weighted by atomic mass is 35.5. The fourth-order valence-electron chi connectivity index (χ4n) is 5.13. The summed E-state index contributed by atoms with van der Waals surface area (Å²) in [5.74, 6) is 0.457. The Morgan fingerprint density at radius 1 is 0.909 bits per heavy atom. The number of halogens is 1. The number of aromatic nitrogens is 2. The van der Waals surface area contributed by atoms with Crippen LogP contribution in [0.2, 0.25) is 5.02 Å². The first kappa shape index (κ1) is 27.1. The Balaban J connectivity index is 1.28. The van der Waals surface area contributed by atoms with Crippen LogP contribution in [0.3, 0.4) is 0 Å². The highest BCUT2D eigenvalue weighted by Gasteiger charge is 2.22. The maximum absolute atomic E-state index is 13.6. The molecule has 0 N–H and O–H groups in total.